The van der Waals surface area contributed by atoms with Crippen LogP contribution in [-0.2, 0) is 4.79 Å². The van der Waals surface area contributed by atoms with Crippen LogP contribution >= 0.6 is 0 Å². The van der Waals surface area contributed by atoms with Gasteiger partial charge in [-0.1, -0.05) is 19.9 Å². The van der Waals surface area contributed by atoms with Gasteiger partial charge in [-0.05, 0) is 12.5 Å². The van der Waals surface area contributed by atoms with E-state index >= 15 is 0 Å². The van der Waals surface area contributed by atoms with Gasteiger partial charge in [0.25, 0.3) is 12.1 Å². The number of carbonyl (C=O) groups is 1. The van der Waals surface area contributed by atoms with E-state index in [-0.39, 0.29) is 0 Å². The zero-order valence-corrected chi connectivity index (χ0v) is 9.74. The predicted octanol–water partition coefficient (Wildman–Crippen LogP) is 2.24. The van der Waals surface area contributed by atoms with E-state index in [1.165, 1.54) is 0 Å². The van der Waals surface area contributed by atoms with E-state index in [0.717, 1.165) is 6.92 Å². The predicted molar refractivity (Wildman–Crippen MR) is 48.4 cm³/mol. The highest BCUT2D eigenvalue weighted by Crippen LogP contribution is 2.47. The third kappa shape index (κ3) is 3.39. The van der Waals surface area contributed by atoms with Crippen LogP contribution in [0.5, 0.6) is 0 Å². The quantitative estimate of drug-likeness (QED) is 0.584. The van der Waals surface area contributed by atoms with Crippen LogP contribution in [-0.4, -0.2) is 24.2 Å². The van der Waals surface area contributed by atoms with E-state index in [1.807, 2.05) is 0 Å². The number of rotatable bonds is 4. The zero-order chi connectivity index (χ0) is 14.9. The number of carbonyl (C=O) groups excluding carboxylic acids is 1. The van der Waals surface area contributed by atoms with Gasteiger partial charge in [0.15, 0.2) is 0 Å². The first-order chi connectivity index (χ1) is 7.73. The van der Waals surface area contributed by atoms with Crippen LogP contribution in [0, 0.1) is 5.41 Å². The van der Waals surface area contributed by atoms with Gasteiger partial charge < -0.3 is 9.90 Å². The second-order valence-electron chi connectivity index (χ2n) is 4.36. The minimum atomic E-state index is -5.73. The van der Waals surface area contributed by atoms with Crippen LogP contribution in [0.2, 0.25) is 0 Å². The van der Waals surface area contributed by atoms with Crippen LogP contribution in [0.1, 0.15) is 20.8 Å². The summed E-state index contributed by atoms with van der Waals surface area (Å²) < 4.78 is 75.4. The number of halogens is 6. The Hall–Kier alpha value is -1.21. The molecule has 0 N–H and O–H groups in total. The Morgan fingerprint density at radius 1 is 1.17 bits per heavy atom. The third-order valence-electron chi connectivity index (χ3n) is 2.36. The number of aliphatic carboxylic acids is 1. The topological polar surface area (TPSA) is 40.1 Å². The Balaban J connectivity index is 5.46. The van der Waals surface area contributed by atoms with Crippen molar-refractivity contribution in [2.24, 2.45) is 5.41 Å². The van der Waals surface area contributed by atoms with Crippen molar-refractivity contribution in [1.29, 1.82) is 0 Å². The van der Waals surface area contributed by atoms with Crippen LogP contribution in [0.3, 0.4) is 0 Å². The van der Waals surface area contributed by atoms with E-state index in [2.05, 4.69) is 0 Å². The zero-order valence-electron chi connectivity index (χ0n) is 9.74. The van der Waals surface area contributed by atoms with Gasteiger partial charge in [0, 0.05) is 0 Å². The summed E-state index contributed by atoms with van der Waals surface area (Å²) in [6.07, 6.45) is -9.77. The average Bonchev–Trinajstić information content (AvgIpc) is 2.13. The molecule has 0 heterocycles. The maximum absolute atomic E-state index is 13.4. The summed E-state index contributed by atoms with van der Waals surface area (Å²) in [5, 5.41) is 10.3. The van der Waals surface area contributed by atoms with Crippen molar-refractivity contribution in [3.05, 3.63) is 11.6 Å². The molecule has 0 bridgehead atoms. The van der Waals surface area contributed by atoms with Gasteiger partial charge in [-0.3, -0.25) is 0 Å². The molecule has 0 aliphatic carbocycles. The average molecular weight is 277 g/mol. The Morgan fingerprint density at radius 2 is 1.56 bits per heavy atom. The maximum atomic E-state index is 13.4. The second kappa shape index (κ2) is 4.81. The fourth-order valence-electron chi connectivity index (χ4n) is 1.23. The van der Waals surface area contributed by atoms with Crippen LogP contribution in [0.4, 0.5) is 26.3 Å². The number of hydrogen-bond donors (Lipinski definition) is 0. The molecule has 106 valence electrons. The van der Waals surface area contributed by atoms with Crippen LogP contribution in [0.15, 0.2) is 11.6 Å². The summed E-state index contributed by atoms with van der Waals surface area (Å²) in [7, 11) is 0. The van der Waals surface area contributed by atoms with Crippen LogP contribution < -0.4 is 5.11 Å². The summed E-state index contributed by atoms with van der Waals surface area (Å²) in [5.74, 6) is -6.62. The molecule has 0 aromatic carbocycles. The first-order valence-corrected chi connectivity index (χ1v) is 4.73. The number of alkyl halides is 6. The molecule has 0 aromatic rings. The van der Waals surface area contributed by atoms with Crippen molar-refractivity contribution in [2.75, 3.05) is 0 Å². The largest absolute Gasteiger partial charge is 0.545 e. The molecule has 0 fully saturated rings. The molecule has 0 amide bonds. The molecule has 0 aromatic heterocycles. The van der Waals surface area contributed by atoms with Gasteiger partial charge in [-0.25, -0.2) is 13.2 Å². The molecule has 0 saturated heterocycles. The van der Waals surface area contributed by atoms with Crippen molar-refractivity contribution in [3.8, 4) is 0 Å². The lowest BCUT2D eigenvalue weighted by molar-refractivity contribution is -0.299. The smallest absolute Gasteiger partial charge is 0.425 e. The van der Waals surface area contributed by atoms with Crippen molar-refractivity contribution >= 4 is 5.97 Å². The van der Waals surface area contributed by atoms with Crippen molar-refractivity contribution in [1.82, 2.24) is 0 Å². The summed E-state index contributed by atoms with van der Waals surface area (Å²) in [6, 6.07) is 0. The lowest BCUT2D eigenvalue weighted by atomic mass is 9.81. The Labute approximate surface area is 99.3 Å². The molecule has 8 heteroatoms. The molecule has 0 aliphatic rings. The molecule has 1 unspecified atom stereocenters. The molecule has 18 heavy (non-hydrogen) atoms. The number of hydrogen-bond acceptors (Lipinski definition) is 2. The molecule has 2 nitrogen and oxygen atoms in total. The minimum Gasteiger partial charge on any atom is -0.545 e. The highest BCUT2D eigenvalue weighted by Gasteiger charge is 2.62. The summed E-state index contributed by atoms with van der Waals surface area (Å²) >= 11 is 0. The fraction of sp³-hybridized carbons (Fsp3) is 0.700. The fourth-order valence-corrected chi connectivity index (χ4v) is 1.23. The molecular weight excluding hydrogens is 266 g/mol. The molecule has 0 saturated carbocycles. The standard InChI is InChI=1S/C10H12F6O2/c1-5(6(17)18)4-8(2,3)9(12,13)7(11)10(14,15)16/h4,7H,1-3H3,(H,17,18)/p-1. The summed E-state index contributed by atoms with van der Waals surface area (Å²) in [4.78, 5) is 10.3. The Morgan fingerprint density at radius 3 is 1.83 bits per heavy atom. The van der Waals surface area contributed by atoms with Gasteiger partial charge in [-0.2, -0.15) is 13.2 Å². The van der Waals surface area contributed by atoms with Gasteiger partial charge in [0.2, 0.25) is 0 Å². The van der Waals surface area contributed by atoms with Gasteiger partial charge in [0.1, 0.15) is 0 Å². The van der Waals surface area contributed by atoms with Gasteiger partial charge in [-0.15, -0.1) is 0 Å². The highest BCUT2D eigenvalue weighted by molar-refractivity contribution is 5.84. The van der Waals surface area contributed by atoms with E-state index in [4.69, 9.17) is 0 Å². The first kappa shape index (κ1) is 16.8. The normalized spacial score (nSPS) is 16.6. The van der Waals surface area contributed by atoms with E-state index in [1.54, 1.807) is 0 Å². The third-order valence-corrected chi connectivity index (χ3v) is 2.36. The number of carboxylic acids is 1. The molecule has 0 aliphatic heterocycles. The lowest BCUT2D eigenvalue weighted by Crippen LogP contribution is -2.50. The molecule has 1 atom stereocenters. The lowest BCUT2D eigenvalue weighted by Gasteiger charge is -2.35. The molecule has 0 rings (SSSR count). The maximum Gasteiger partial charge on any atom is 0.425 e. The summed E-state index contributed by atoms with van der Waals surface area (Å²) in [5.41, 5.74) is -3.33. The number of allylic oxidation sites excluding steroid dienone is 1. The minimum absolute atomic E-state index is 0.348. The Kier molecular flexibility index (Phi) is 4.49. The number of carboxylic acid groups (broad SMARTS) is 1. The monoisotopic (exact) mass is 277 g/mol. The van der Waals surface area contributed by atoms with E-state index < -0.39 is 35.2 Å². The molecule has 0 radical (unpaired) electrons. The van der Waals surface area contributed by atoms with E-state index in [9.17, 15) is 36.2 Å². The highest BCUT2D eigenvalue weighted by atomic mass is 19.4. The second-order valence-corrected chi connectivity index (χ2v) is 4.36. The molecule has 0 spiro atoms. The Bertz CT molecular complexity index is 356. The van der Waals surface area contributed by atoms with Crippen molar-refractivity contribution in [3.63, 3.8) is 0 Å². The van der Waals surface area contributed by atoms with E-state index in [0.29, 0.717) is 19.9 Å². The van der Waals surface area contributed by atoms with Gasteiger partial charge in [0.05, 0.1) is 11.4 Å². The first-order valence-electron chi connectivity index (χ1n) is 4.73. The summed E-state index contributed by atoms with van der Waals surface area (Å²) in [6.45, 7) is 2.09. The van der Waals surface area contributed by atoms with Gasteiger partial charge >= 0.3 is 6.18 Å². The SMILES string of the molecule is CC(=CC(C)(C)C(F)(F)C(F)C(F)(F)F)C(=O)[O-]. The van der Waals surface area contributed by atoms with Crippen LogP contribution in [0.25, 0.3) is 0 Å². The van der Waals surface area contributed by atoms with Crippen molar-refractivity contribution in [2.45, 2.75) is 39.0 Å². The molecular formula is C10H11F6O2-. The van der Waals surface area contributed by atoms with Crippen molar-refractivity contribution < 1.29 is 36.2 Å².